The quantitative estimate of drug-likeness (QED) is 0.841. The van der Waals surface area contributed by atoms with E-state index in [1.807, 2.05) is 0 Å². The molecule has 0 amide bonds. The van der Waals surface area contributed by atoms with E-state index in [4.69, 9.17) is 34.0 Å². The molecule has 0 bridgehead atoms. The molecule has 0 unspecified atom stereocenters. The standard InChI is InChI=1S/C10H9Cl2NO2/c11-6-1-5(2-7(12)3-6)8-4-10(8,13)9(14)15/h1-3,8H,4,13H2,(H,14,15)/t8-,10+/m0/s1. The van der Waals surface area contributed by atoms with Gasteiger partial charge < -0.3 is 10.8 Å². The molecule has 3 N–H and O–H groups in total. The third-order valence-electron chi connectivity index (χ3n) is 2.69. The number of nitrogens with two attached hydrogens (primary N) is 1. The van der Waals surface area contributed by atoms with Crippen LogP contribution in [0.2, 0.25) is 10.0 Å². The fourth-order valence-electron chi connectivity index (χ4n) is 1.71. The van der Waals surface area contributed by atoms with Crippen LogP contribution in [0.1, 0.15) is 17.9 Å². The highest BCUT2D eigenvalue weighted by atomic mass is 35.5. The summed E-state index contributed by atoms with van der Waals surface area (Å²) in [7, 11) is 0. The Hall–Kier alpha value is -0.770. The number of carbonyl (C=O) groups is 1. The summed E-state index contributed by atoms with van der Waals surface area (Å²) in [5.41, 5.74) is 5.32. The first-order valence-corrected chi connectivity index (χ1v) is 5.17. The Morgan fingerprint density at radius 1 is 1.40 bits per heavy atom. The van der Waals surface area contributed by atoms with E-state index in [0.29, 0.717) is 16.5 Å². The molecule has 5 heteroatoms. The lowest BCUT2D eigenvalue weighted by Crippen LogP contribution is -2.34. The molecule has 0 aromatic heterocycles. The fraction of sp³-hybridized carbons (Fsp3) is 0.300. The first-order valence-electron chi connectivity index (χ1n) is 4.42. The second-order valence-electron chi connectivity index (χ2n) is 3.81. The van der Waals surface area contributed by atoms with Crippen molar-refractivity contribution in [3.8, 4) is 0 Å². The van der Waals surface area contributed by atoms with Crippen LogP contribution in [0.25, 0.3) is 0 Å². The summed E-state index contributed by atoms with van der Waals surface area (Å²) in [5, 5.41) is 9.89. The lowest BCUT2D eigenvalue weighted by atomic mass is 10.1. The molecular formula is C10H9Cl2NO2. The first-order chi connectivity index (χ1) is 6.93. The number of hydrogen-bond acceptors (Lipinski definition) is 2. The molecular weight excluding hydrogens is 237 g/mol. The van der Waals surface area contributed by atoms with Gasteiger partial charge in [-0.2, -0.15) is 0 Å². The molecule has 1 aromatic carbocycles. The number of benzene rings is 1. The number of carboxylic acid groups (broad SMARTS) is 1. The van der Waals surface area contributed by atoms with Gasteiger partial charge in [-0.05, 0) is 30.2 Å². The molecule has 0 radical (unpaired) electrons. The highest BCUT2D eigenvalue weighted by Gasteiger charge is 2.58. The molecule has 0 heterocycles. The topological polar surface area (TPSA) is 63.3 Å². The fourth-order valence-corrected chi connectivity index (χ4v) is 2.25. The molecule has 0 aliphatic heterocycles. The maximum Gasteiger partial charge on any atom is 0.324 e. The van der Waals surface area contributed by atoms with Crippen molar-refractivity contribution in [2.75, 3.05) is 0 Å². The summed E-state index contributed by atoms with van der Waals surface area (Å²) in [6.45, 7) is 0. The number of carboxylic acids is 1. The molecule has 0 spiro atoms. The summed E-state index contributed by atoms with van der Waals surface area (Å²) >= 11 is 11.6. The van der Waals surface area contributed by atoms with E-state index in [9.17, 15) is 4.79 Å². The average molecular weight is 246 g/mol. The summed E-state index contributed by atoms with van der Waals surface area (Å²) in [6, 6.07) is 5.01. The number of rotatable bonds is 2. The highest BCUT2D eigenvalue weighted by molar-refractivity contribution is 6.34. The van der Waals surface area contributed by atoms with Crippen LogP contribution in [0.15, 0.2) is 18.2 Å². The lowest BCUT2D eigenvalue weighted by molar-refractivity contribution is -0.139. The van der Waals surface area contributed by atoms with Crippen LogP contribution in [0.5, 0.6) is 0 Å². The third kappa shape index (κ3) is 1.83. The predicted octanol–water partition coefficient (Wildman–Crippen LogP) is 2.26. The van der Waals surface area contributed by atoms with Crippen molar-refractivity contribution in [1.82, 2.24) is 0 Å². The van der Waals surface area contributed by atoms with Crippen molar-refractivity contribution < 1.29 is 9.90 Å². The van der Waals surface area contributed by atoms with Gasteiger partial charge in [-0.15, -0.1) is 0 Å². The van der Waals surface area contributed by atoms with Gasteiger partial charge in [0, 0.05) is 16.0 Å². The van der Waals surface area contributed by atoms with Gasteiger partial charge in [0.2, 0.25) is 0 Å². The number of halogens is 2. The Kier molecular flexibility index (Phi) is 2.41. The first kappa shape index (κ1) is 10.7. The Morgan fingerprint density at radius 2 is 1.93 bits per heavy atom. The molecule has 1 aliphatic carbocycles. The van der Waals surface area contributed by atoms with Crippen molar-refractivity contribution in [2.24, 2.45) is 5.73 Å². The van der Waals surface area contributed by atoms with E-state index in [0.717, 1.165) is 5.56 Å². The van der Waals surface area contributed by atoms with Crippen molar-refractivity contribution in [3.63, 3.8) is 0 Å². The zero-order chi connectivity index (χ0) is 11.2. The summed E-state index contributed by atoms with van der Waals surface area (Å²) in [5.74, 6) is -1.17. The maximum atomic E-state index is 10.8. The Balaban J connectivity index is 2.30. The monoisotopic (exact) mass is 245 g/mol. The van der Waals surface area contributed by atoms with E-state index in [2.05, 4.69) is 0 Å². The average Bonchev–Trinajstić information content (AvgIpc) is 2.78. The molecule has 1 fully saturated rings. The summed E-state index contributed by atoms with van der Waals surface area (Å²) < 4.78 is 0. The minimum Gasteiger partial charge on any atom is -0.480 e. The van der Waals surface area contributed by atoms with Gasteiger partial charge in [-0.25, -0.2) is 0 Å². The van der Waals surface area contributed by atoms with Crippen LogP contribution in [0.3, 0.4) is 0 Å². The summed E-state index contributed by atoms with van der Waals surface area (Å²) in [6.07, 6.45) is 0.430. The molecule has 0 saturated heterocycles. The van der Waals surface area contributed by atoms with Gasteiger partial charge in [-0.1, -0.05) is 23.2 Å². The van der Waals surface area contributed by atoms with E-state index < -0.39 is 11.5 Å². The second kappa shape index (κ2) is 3.37. The van der Waals surface area contributed by atoms with Crippen molar-refractivity contribution in [1.29, 1.82) is 0 Å². The van der Waals surface area contributed by atoms with Gasteiger partial charge in [0.1, 0.15) is 5.54 Å². The van der Waals surface area contributed by atoms with Crippen LogP contribution in [-0.4, -0.2) is 16.6 Å². The van der Waals surface area contributed by atoms with Gasteiger partial charge in [0.05, 0.1) is 0 Å². The summed E-state index contributed by atoms with van der Waals surface area (Å²) in [4.78, 5) is 10.8. The van der Waals surface area contributed by atoms with Gasteiger partial charge in [-0.3, -0.25) is 4.79 Å². The lowest BCUT2D eigenvalue weighted by Gasteiger charge is -2.06. The molecule has 15 heavy (non-hydrogen) atoms. The van der Waals surface area contributed by atoms with Crippen molar-refractivity contribution in [2.45, 2.75) is 17.9 Å². The zero-order valence-electron chi connectivity index (χ0n) is 7.71. The molecule has 1 aliphatic rings. The van der Waals surface area contributed by atoms with E-state index in [-0.39, 0.29) is 5.92 Å². The van der Waals surface area contributed by atoms with E-state index in [1.54, 1.807) is 18.2 Å². The Labute approximate surface area is 96.8 Å². The number of hydrogen-bond donors (Lipinski definition) is 2. The van der Waals surface area contributed by atoms with E-state index >= 15 is 0 Å². The minimum atomic E-state index is -1.14. The Morgan fingerprint density at radius 3 is 2.33 bits per heavy atom. The second-order valence-corrected chi connectivity index (χ2v) is 4.68. The number of aliphatic carboxylic acids is 1. The molecule has 2 atom stereocenters. The van der Waals surface area contributed by atoms with Gasteiger partial charge >= 0.3 is 5.97 Å². The van der Waals surface area contributed by atoms with Crippen molar-refractivity contribution in [3.05, 3.63) is 33.8 Å². The largest absolute Gasteiger partial charge is 0.480 e. The third-order valence-corrected chi connectivity index (χ3v) is 3.13. The van der Waals surface area contributed by atoms with Gasteiger partial charge in [0.25, 0.3) is 0 Å². The van der Waals surface area contributed by atoms with Crippen LogP contribution in [0, 0.1) is 0 Å². The molecule has 1 saturated carbocycles. The smallest absolute Gasteiger partial charge is 0.324 e. The molecule has 2 rings (SSSR count). The molecule has 1 aromatic rings. The minimum absolute atomic E-state index is 0.189. The van der Waals surface area contributed by atoms with E-state index in [1.165, 1.54) is 0 Å². The van der Waals surface area contributed by atoms with Crippen LogP contribution in [0.4, 0.5) is 0 Å². The van der Waals surface area contributed by atoms with Crippen molar-refractivity contribution >= 4 is 29.2 Å². The normalized spacial score (nSPS) is 28.9. The maximum absolute atomic E-state index is 10.8. The van der Waals surface area contributed by atoms with Crippen LogP contribution >= 0.6 is 23.2 Å². The van der Waals surface area contributed by atoms with Crippen LogP contribution < -0.4 is 5.73 Å². The molecule has 3 nitrogen and oxygen atoms in total. The van der Waals surface area contributed by atoms with Gasteiger partial charge in [0.15, 0.2) is 0 Å². The van der Waals surface area contributed by atoms with Crippen LogP contribution in [-0.2, 0) is 4.79 Å². The predicted molar refractivity (Wildman–Crippen MR) is 58.4 cm³/mol. The molecule has 80 valence electrons. The highest BCUT2D eigenvalue weighted by Crippen LogP contribution is 2.50. The zero-order valence-corrected chi connectivity index (χ0v) is 9.22. The Bertz CT molecular complexity index is 415. The SMILES string of the molecule is N[C@]1(C(=O)O)C[C@H]1c1cc(Cl)cc(Cl)c1.